The lowest BCUT2D eigenvalue weighted by Crippen LogP contribution is -2.36. The number of nitrogens with two attached hydrogens (primary N) is 1. The highest BCUT2D eigenvalue weighted by Crippen LogP contribution is 2.61. The van der Waals surface area contributed by atoms with Crippen LogP contribution in [0.2, 0.25) is 0 Å². The van der Waals surface area contributed by atoms with Gasteiger partial charge in [-0.15, -0.1) is 0 Å². The van der Waals surface area contributed by atoms with Gasteiger partial charge < -0.3 is 40.1 Å². The molecule has 1 saturated heterocycles. The number of aliphatic hydroxyl groups excluding tert-OH is 2. The summed E-state index contributed by atoms with van der Waals surface area (Å²) >= 11 is 0. The molecule has 0 saturated carbocycles. The van der Waals surface area contributed by atoms with Crippen molar-refractivity contribution in [3.05, 3.63) is 82.9 Å². The maximum Gasteiger partial charge on any atom is 0.475 e. The van der Waals surface area contributed by atoms with Crippen molar-refractivity contribution >= 4 is 21.6 Å². The molecule has 1 aliphatic rings. The van der Waals surface area contributed by atoms with Crippen LogP contribution in [0.15, 0.2) is 71.7 Å². The molecule has 2 aromatic carbocycles. The molecule has 4 rings (SSSR count). The lowest BCUT2D eigenvalue weighted by molar-refractivity contribution is -0.340. The number of para-hydroxylation sites is 1. The van der Waals surface area contributed by atoms with Crippen molar-refractivity contribution < 1.29 is 52.9 Å². The number of nitrogen functional groups attached to an aromatic ring is 1. The number of phosphoric ester groups is 1. The molecule has 0 aliphatic carbocycles. The minimum Gasteiger partial charge on any atom is -0.657 e. The highest BCUT2D eigenvalue weighted by atomic mass is 31.2. The van der Waals surface area contributed by atoms with Crippen LogP contribution in [0.1, 0.15) is 17.6 Å². The molecular weight excluding hydrogens is 560 g/mol. The van der Waals surface area contributed by atoms with Gasteiger partial charge in [0.05, 0.1) is 14.6 Å². The lowest BCUT2D eigenvalue weighted by Gasteiger charge is -2.36. The number of rotatable bonds is 10. The first-order valence-electron chi connectivity index (χ1n) is 11.2. The number of benzene rings is 2. The molecule has 0 radical (unpaired) electrons. The smallest absolute Gasteiger partial charge is 0.475 e. The number of aromatic nitrogens is 2. The fraction of sp³-hybridized carbons (Fsp3) is 0.273. The summed E-state index contributed by atoms with van der Waals surface area (Å²) in [6.07, 6.45) is -5.08. The van der Waals surface area contributed by atoms with E-state index in [0.29, 0.717) is 5.75 Å². The second kappa shape index (κ2) is 11.8. The van der Waals surface area contributed by atoms with Gasteiger partial charge in [-0.3, -0.25) is 14.0 Å². The second-order valence-corrected chi connectivity index (χ2v) is 11.4. The van der Waals surface area contributed by atoms with E-state index >= 15 is 0 Å². The van der Waals surface area contributed by atoms with Crippen LogP contribution in [0.25, 0.3) is 0 Å². The Bertz CT molecular complexity index is 1390. The molecule has 2 heterocycles. The standard InChI is InChI=1S/C22H25N3O12P2/c23-17-9-10-25(22(28)24-17)20-19(27)18(26)16(36-20)12-34-39(32,33)37-21(38(29,30)31)13-5-4-8-15(11-13)35-14-6-2-1-3-7-14/h1-11,16,18-21,26-27H,12H2,(H,32,33)(H2,23,24,28)(H2,29,30,31)/p-1/t16-,18-,19-,20-,21?/m1/s1. The van der Waals surface area contributed by atoms with E-state index in [2.05, 4.69) is 4.98 Å². The summed E-state index contributed by atoms with van der Waals surface area (Å²) in [5.41, 5.74) is 4.29. The zero-order valence-corrected chi connectivity index (χ0v) is 21.7. The molecular formula is C22H24N3O12P2-. The molecule has 17 heteroatoms. The average molecular weight is 584 g/mol. The van der Waals surface area contributed by atoms with Crippen molar-refractivity contribution in [3.8, 4) is 11.5 Å². The number of phosphoric acid groups is 1. The molecule has 0 amide bonds. The van der Waals surface area contributed by atoms with E-state index in [1.807, 2.05) is 0 Å². The zero-order chi connectivity index (χ0) is 28.4. The van der Waals surface area contributed by atoms with Crippen LogP contribution in [0, 0.1) is 0 Å². The van der Waals surface area contributed by atoms with Crippen LogP contribution in [0.5, 0.6) is 11.5 Å². The van der Waals surface area contributed by atoms with Crippen molar-refractivity contribution in [2.75, 3.05) is 12.3 Å². The summed E-state index contributed by atoms with van der Waals surface area (Å²) in [4.78, 5) is 59.6. The third kappa shape index (κ3) is 7.25. The molecule has 1 fully saturated rings. The summed E-state index contributed by atoms with van der Waals surface area (Å²) in [6, 6.07) is 15.0. The molecule has 0 bridgehead atoms. The number of nitrogens with zero attached hydrogens (tertiary/aromatic N) is 2. The monoisotopic (exact) mass is 584 g/mol. The first-order valence-corrected chi connectivity index (χ1v) is 14.4. The number of aliphatic hydroxyl groups is 2. The van der Waals surface area contributed by atoms with E-state index in [0.717, 1.165) is 4.57 Å². The van der Waals surface area contributed by atoms with Gasteiger partial charge in [0, 0.05) is 11.8 Å². The molecule has 2 unspecified atom stereocenters. The van der Waals surface area contributed by atoms with Crippen LogP contribution in [0.4, 0.5) is 5.82 Å². The summed E-state index contributed by atoms with van der Waals surface area (Å²) in [5, 5.41) is 20.6. The number of hydrogen-bond donors (Lipinski definition) is 5. The highest BCUT2D eigenvalue weighted by molar-refractivity contribution is 7.57. The number of ether oxygens (including phenoxy) is 2. The van der Waals surface area contributed by atoms with Gasteiger partial charge in [-0.1, -0.05) is 30.3 Å². The van der Waals surface area contributed by atoms with Crippen molar-refractivity contribution in [3.63, 3.8) is 0 Å². The van der Waals surface area contributed by atoms with Crippen molar-refractivity contribution in [1.29, 1.82) is 0 Å². The molecule has 1 aromatic heterocycles. The molecule has 0 spiro atoms. The van der Waals surface area contributed by atoms with Crippen LogP contribution < -0.4 is 25.9 Å². The van der Waals surface area contributed by atoms with E-state index < -0.39 is 58.4 Å². The Balaban J connectivity index is 1.45. The van der Waals surface area contributed by atoms with Crippen molar-refractivity contribution in [2.45, 2.75) is 30.4 Å². The lowest BCUT2D eigenvalue weighted by atomic mass is 10.1. The molecule has 3 aromatic rings. The summed E-state index contributed by atoms with van der Waals surface area (Å²) < 4.78 is 34.1. The molecule has 210 valence electrons. The van der Waals surface area contributed by atoms with E-state index in [1.54, 1.807) is 30.3 Å². The molecule has 39 heavy (non-hydrogen) atoms. The zero-order valence-electron chi connectivity index (χ0n) is 19.9. The number of hydrogen-bond acceptors (Lipinski definition) is 13. The van der Waals surface area contributed by atoms with Gasteiger partial charge in [0.1, 0.15) is 35.6 Å². The molecule has 6 atom stereocenters. The maximum atomic E-state index is 12.6. The molecule has 1 aliphatic heterocycles. The third-order valence-corrected chi connectivity index (χ3v) is 7.63. The molecule has 6 N–H and O–H groups in total. The van der Waals surface area contributed by atoms with E-state index in [4.69, 9.17) is 24.3 Å². The van der Waals surface area contributed by atoms with E-state index in [-0.39, 0.29) is 17.1 Å². The average Bonchev–Trinajstić information content (AvgIpc) is 3.15. The summed E-state index contributed by atoms with van der Waals surface area (Å²) in [7, 11) is -10.7. The largest absolute Gasteiger partial charge is 0.657 e. The topological polar surface area (TPSA) is 242 Å². The van der Waals surface area contributed by atoms with Crippen molar-refractivity contribution in [2.24, 2.45) is 0 Å². The van der Waals surface area contributed by atoms with Gasteiger partial charge in [0.25, 0.3) is 0 Å². The van der Waals surface area contributed by atoms with Gasteiger partial charge in [-0.25, -0.2) is 13.9 Å². The van der Waals surface area contributed by atoms with Gasteiger partial charge in [-0.05, 0) is 30.3 Å². The fourth-order valence-electron chi connectivity index (χ4n) is 3.71. The minimum absolute atomic E-state index is 0.0891. The Kier molecular flexibility index (Phi) is 8.81. The highest BCUT2D eigenvalue weighted by Gasteiger charge is 2.46. The van der Waals surface area contributed by atoms with Crippen LogP contribution in [-0.2, 0) is 18.3 Å². The fourth-order valence-corrected chi connectivity index (χ4v) is 5.85. The Labute approximate surface area is 221 Å². The number of anilines is 1. The van der Waals surface area contributed by atoms with Crippen LogP contribution in [0.3, 0.4) is 0 Å². The van der Waals surface area contributed by atoms with E-state index in [1.165, 1.54) is 36.5 Å². The Morgan fingerprint density at radius 2 is 1.79 bits per heavy atom. The Morgan fingerprint density at radius 1 is 1.10 bits per heavy atom. The SMILES string of the molecule is Nc1ccn([C@@H]2O[C@H](COP(=O)(O)OC(c3cccc(Oc4ccccc4)c3)[P+]([O-])([O-])O)[C@@H](O)[C@H]2O)c(=O)n1. The van der Waals surface area contributed by atoms with E-state index in [9.17, 15) is 39.1 Å². The third-order valence-electron chi connectivity index (χ3n) is 5.52. The second-order valence-electron chi connectivity index (χ2n) is 8.36. The van der Waals surface area contributed by atoms with Crippen LogP contribution >= 0.6 is 15.8 Å². The summed E-state index contributed by atoms with van der Waals surface area (Å²) in [6.45, 7) is -0.877. The normalized spacial score (nSPS) is 23.7. The predicted molar refractivity (Wildman–Crippen MR) is 131 cm³/mol. The molecule has 15 nitrogen and oxygen atoms in total. The Morgan fingerprint density at radius 3 is 2.46 bits per heavy atom. The quantitative estimate of drug-likeness (QED) is 0.190. The van der Waals surface area contributed by atoms with Gasteiger partial charge >= 0.3 is 13.5 Å². The Hall–Kier alpha value is -2.78. The first kappa shape index (κ1) is 29.2. The van der Waals surface area contributed by atoms with Gasteiger partial charge in [-0.2, -0.15) is 4.98 Å². The minimum atomic E-state index is -5.44. The maximum absolute atomic E-state index is 12.6. The predicted octanol–water partition coefficient (Wildman–Crippen LogP) is -0.455. The van der Waals surface area contributed by atoms with Crippen LogP contribution in [-0.4, -0.2) is 54.5 Å². The van der Waals surface area contributed by atoms with Crippen molar-refractivity contribution in [1.82, 2.24) is 9.55 Å². The van der Waals surface area contributed by atoms with Gasteiger partial charge in [0.2, 0.25) is 5.85 Å². The summed E-state index contributed by atoms with van der Waals surface area (Å²) in [5.74, 6) is -1.86. The first-order chi connectivity index (χ1) is 18.3. The van der Waals surface area contributed by atoms with Gasteiger partial charge in [0.15, 0.2) is 6.23 Å².